The van der Waals surface area contributed by atoms with Crippen molar-refractivity contribution in [2.24, 2.45) is 0 Å². The van der Waals surface area contributed by atoms with Crippen molar-refractivity contribution in [1.29, 1.82) is 0 Å². The molecule has 346 valence electrons. The molecule has 19 heteroatoms. The number of H-pyrrole nitrogens is 1. The van der Waals surface area contributed by atoms with Crippen LogP contribution in [0.25, 0.3) is 10.9 Å². The van der Waals surface area contributed by atoms with E-state index in [2.05, 4.69) is 36.1 Å². The molecule has 7 rings (SSSR count). The summed E-state index contributed by atoms with van der Waals surface area (Å²) in [6, 6.07) is 22.5. The summed E-state index contributed by atoms with van der Waals surface area (Å²) < 4.78 is 16.1. The normalized spacial score (nSPS) is 23.1. The molecule has 0 aliphatic carbocycles. The van der Waals surface area contributed by atoms with Crippen LogP contribution in [0.2, 0.25) is 0 Å². The fourth-order valence-corrected chi connectivity index (χ4v) is 8.72. The molecule has 2 aliphatic heterocycles. The zero-order valence-corrected chi connectivity index (χ0v) is 36.9. The van der Waals surface area contributed by atoms with Crippen molar-refractivity contribution in [3.63, 3.8) is 0 Å². The van der Waals surface area contributed by atoms with Crippen molar-refractivity contribution in [3.8, 4) is 5.75 Å². The van der Waals surface area contributed by atoms with Gasteiger partial charge in [-0.2, -0.15) is 0 Å². The Bertz CT molecular complexity index is 2590. The van der Waals surface area contributed by atoms with E-state index in [1.54, 1.807) is 66.9 Å². The molecule has 0 radical (unpaired) electrons. The van der Waals surface area contributed by atoms with Crippen molar-refractivity contribution in [2.45, 2.75) is 87.8 Å². The fourth-order valence-electron chi connectivity index (χ4n) is 8.33. The van der Waals surface area contributed by atoms with Crippen molar-refractivity contribution in [3.05, 3.63) is 138 Å². The molecule has 4 aromatic carbocycles. The van der Waals surface area contributed by atoms with Crippen molar-refractivity contribution < 1.29 is 52.7 Å². The third-order valence-corrected chi connectivity index (χ3v) is 12.1. The van der Waals surface area contributed by atoms with Crippen LogP contribution in [0.1, 0.15) is 42.0 Å². The van der Waals surface area contributed by atoms with Crippen LogP contribution in [0.4, 0.5) is 0 Å². The quantitative estimate of drug-likeness (QED) is 0.0862. The lowest BCUT2D eigenvalue weighted by molar-refractivity contribution is -0.145. The summed E-state index contributed by atoms with van der Waals surface area (Å²) in [6.45, 7) is 1.41. The van der Waals surface area contributed by atoms with Crippen LogP contribution in [-0.2, 0) is 59.0 Å². The van der Waals surface area contributed by atoms with E-state index in [1.807, 2.05) is 24.3 Å². The smallest absolute Gasteiger partial charge is 0.404 e. The molecule has 2 saturated heterocycles. The summed E-state index contributed by atoms with van der Waals surface area (Å²) in [6.07, 6.45) is 0.518. The van der Waals surface area contributed by atoms with E-state index in [0.29, 0.717) is 28.7 Å². The molecule has 2 fully saturated rings. The number of amides is 6. The van der Waals surface area contributed by atoms with Crippen LogP contribution in [0.15, 0.2) is 115 Å². The topological polar surface area (TPSA) is 269 Å². The lowest BCUT2D eigenvalue weighted by Gasteiger charge is -2.32. The Labute approximate surface area is 380 Å². The first-order valence-corrected chi connectivity index (χ1v) is 23.1. The van der Waals surface area contributed by atoms with Gasteiger partial charge in [0, 0.05) is 49.3 Å². The van der Waals surface area contributed by atoms with Gasteiger partial charge in [0.2, 0.25) is 35.4 Å². The average molecular weight is 922 g/mol. The maximum atomic E-state index is 14.7. The first kappa shape index (κ1) is 47.1. The highest BCUT2D eigenvalue weighted by Gasteiger charge is 2.42. The van der Waals surface area contributed by atoms with Gasteiger partial charge in [0.1, 0.15) is 42.0 Å². The van der Waals surface area contributed by atoms with E-state index in [1.165, 1.54) is 36.1 Å². The number of aliphatic hydroxyl groups is 1. The largest absolute Gasteiger partial charge is 0.524 e. The van der Waals surface area contributed by atoms with Crippen LogP contribution in [-0.4, -0.2) is 109 Å². The van der Waals surface area contributed by atoms with Gasteiger partial charge in [-0.05, 0) is 60.2 Å². The Morgan fingerprint density at radius 3 is 1.62 bits per heavy atom. The minimum atomic E-state index is -4.88. The van der Waals surface area contributed by atoms with Gasteiger partial charge in [-0.15, -0.1) is 0 Å². The minimum Gasteiger partial charge on any atom is -0.404 e. The van der Waals surface area contributed by atoms with E-state index in [0.717, 1.165) is 10.9 Å². The Morgan fingerprint density at radius 1 is 0.621 bits per heavy atom. The number of para-hydroxylation sites is 1. The van der Waals surface area contributed by atoms with Gasteiger partial charge in [0.15, 0.2) is 0 Å². The summed E-state index contributed by atoms with van der Waals surface area (Å²) in [4.78, 5) is 110. The number of phosphoric acid groups is 1. The molecule has 0 saturated carbocycles. The van der Waals surface area contributed by atoms with Gasteiger partial charge in [-0.3, -0.25) is 38.6 Å². The van der Waals surface area contributed by atoms with Crippen LogP contribution >= 0.6 is 7.82 Å². The molecule has 0 unspecified atom stereocenters. The predicted molar refractivity (Wildman–Crippen MR) is 241 cm³/mol. The number of rotatable bonds is 11. The first-order valence-electron chi connectivity index (χ1n) is 21.6. The summed E-state index contributed by atoms with van der Waals surface area (Å²) in [7, 11) is -4.88. The standard InChI is InChI=1S/C47H52N7O11P/c1-28(55)41-47(61)54-22-10-17-40(54)46(60)52-37(25-31-18-20-33(21-19-31)65-66(62,63)64)43(57)49-36(23-29-11-4-2-5-12-29)42(56)51-39(26-32-27-48-35-16-9-8-15-34(32)35)44(58)50-38(45(59)53-41)24-30-13-6-3-7-14-30/h2-9,11-16,18-21,27-28,36-41,48,55H,10,17,22-26H2,1H3,(H,49,57)(H,50,58)(H,51,56)(H,52,60)(H,53,59)(H2,62,63,64)/t28-,36+,37+,38+,39+,40-,41+/m1/s1. The second kappa shape index (κ2) is 21.0. The molecule has 18 nitrogen and oxygen atoms in total. The summed E-state index contributed by atoms with van der Waals surface area (Å²) in [5, 5.41) is 25.6. The zero-order chi connectivity index (χ0) is 47.0. The summed E-state index contributed by atoms with van der Waals surface area (Å²) in [5.74, 6) is -4.69. The number of benzene rings is 4. The number of phosphoric ester groups is 1. The van der Waals surface area contributed by atoms with E-state index in [-0.39, 0.29) is 44.4 Å². The Kier molecular flexibility index (Phi) is 15.0. The number of aromatic nitrogens is 1. The van der Waals surface area contributed by atoms with Gasteiger partial charge in [0.05, 0.1) is 6.10 Å². The van der Waals surface area contributed by atoms with Crippen molar-refractivity contribution in [1.82, 2.24) is 36.5 Å². The Morgan fingerprint density at radius 2 is 1.09 bits per heavy atom. The Hall–Kier alpha value is -6.85. The molecule has 1 aromatic heterocycles. The number of nitrogens with one attached hydrogen (secondary N) is 6. The van der Waals surface area contributed by atoms with Crippen molar-refractivity contribution >= 4 is 54.2 Å². The number of hydrogen-bond acceptors (Lipinski definition) is 9. The van der Waals surface area contributed by atoms with Gasteiger partial charge >= 0.3 is 7.82 Å². The van der Waals surface area contributed by atoms with E-state index < -0.39 is 85.6 Å². The third-order valence-electron chi connectivity index (χ3n) is 11.7. The average Bonchev–Trinajstić information content (AvgIpc) is 3.95. The number of aromatic amines is 1. The van der Waals surface area contributed by atoms with E-state index >= 15 is 0 Å². The lowest BCUT2D eigenvalue weighted by atomic mass is 9.99. The monoisotopic (exact) mass is 921 g/mol. The highest BCUT2D eigenvalue weighted by Crippen LogP contribution is 2.37. The number of nitrogens with zero attached hydrogens (tertiary/aromatic N) is 1. The molecular weight excluding hydrogens is 870 g/mol. The number of carbonyl (C=O) groups is 6. The highest BCUT2D eigenvalue weighted by molar-refractivity contribution is 7.46. The second-order valence-electron chi connectivity index (χ2n) is 16.5. The number of hydrogen-bond donors (Lipinski definition) is 9. The minimum absolute atomic E-state index is 0.0326. The summed E-state index contributed by atoms with van der Waals surface area (Å²) in [5.41, 5.74) is 3.20. The third kappa shape index (κ3) is 12.1. The van der Waals surface area contributed by atoms with E-state index in [9.17, 15) is 48.2 Å². The van der Waals surface area contributed by atoms with Crippen molar-refractivity contribution in [2.75, 3.05) is 6.54 Å². The molecule has 0 bridgehead atoms. The second-order valence-corrected chi connectivity index (χ2v) is 17.7. The van der Waals surface area contributed by atoms with Gasteiger partial charge in [-0.1, -0.05) is 91.0 Å². The van der Waals surface area contributed by atoms with Gasteiger partial charge in [0.25, 0.3) is 0 Å². The maximum Gasteiger partial charge on any atom is 0.524 e. The summed E-state index contributed by atoms with van der Waals surface area (Å²) >= 11 is 0. The molecule has 9 N–H and O–H groups in total. The molecule has 3 heterocycles. The lowest BCUT2D eigenvalue weighted by Crippen LogP contribution is -2.63. The molecule has 5 aromatic rings. The molecular formula is C47H52N7O11P. The number of fused-ring (bicyclic) bond motifs is 2. The van der Waals surface area contributed by atoms with Crippen LogP contribution in [0, 0.1) is 0 Å². The predicted octanol–water partition coefficient (Wildman–Crippen LogP) is 1.72. The highest BCUT2D eigenvalue weighted by atomic mass is 31.2. The first-order chi connectivity index (χ1) is 31.6. The van der Waals surface area contributed by atoms with Gasteiger partial charge in [-0.25, -0.2) is 4.57 Å². The number of aliphatic hydroxyl groups excluding tert-OH is 1. The van der Waals surface area contributed by atoms with Crippen LogP contribution in [0.3, 0.4) is 0 Å². The van der Waals surface area contributed by atoms with Gasteiger partial charge < -0.3 is 46.1 Å². The molecule has 2 aliphatic rings. The van der Waals surface area contributed by atoms with Crippen LogP contribution in [0.5, 0.6) is 5.75 Å². The maximum absolute atomic E-state index is 14.7. The fraction of sp³-hybridized carbons (Fsp3) is 0.319. The zero-order valence-electron chi connectivity index (χ0n) is 36.0. The number of carbonyl (C=O) groups excluding carboxylic acids is 6. The molecule has 66 heavy (non-hydrogen) atoms. The molecule has 0 spiro atoms. The molecule has 7 atom stereocenters. The Balaban J connectivity index is 1.29. The SMILES string of the molecule is C[C@@H](O)[C@@H]1NC(=O)[C@H](Cc2ccccc2)NC(=O)[C@H](Cc2c[nH]c3ccccc23)NC(=O)[C@H](Cc2ccccc2)NC(=O)[C@H](Cc2ccc(OP(=O)(O)O)cc2)NC(=O)[C@H]2CCCN2C1=O. The van der Waals surface area contributed by atoms with E-state index in [4.69, 9.17) is 0 Å². The molecule has 6 amide bonds. The van der Waals surface area contributed by atoms with Crippen LogP contribution < -0.4 is 31.1 Å².